The zero-order chi connectivity index (χ0) is 16.9. The fourth-order valence-corrected chi connectivity index (χ4v) is 3.52. The lowest BCUT2D eigenvalue weighted by molar-refractivity contribution is 0.101. The third-order valence-electron chi connectivity index (χ3n) is 4.79. The Bertz CT molecular complexity index is 666. The number of nitrogens with zero attached hydrogens (tertiary/aromatic N) is 2. The molecule has 126 valence electrons. The van der Waals surface area contributed by atoms with Crippen molar-refractivity contribution < 1.29 is 4.79 Å². The highest BCUT2D eigenvalue weighted by molar-refractivity contribution is 5.93. The molecule has 1 heterocycles. The molecule has 0 N–H and O–H groups in total. The topological polar surface area (TPSA) is 23.6 Å². The molecule has 24 heavy (non-hydrogen) atoms. The van der Waals surface area contributed by atoms with Crippen molar-refractivity contribution in [2.75, 3.05) is 31.6 Å². The fourth-order valence-electron chi connectivity index (χ4n) is 3.52. The van der Waals surface area contributed by atoms with Gasteiger partial charge in [-0.2, -0.15) is 0 Å². The summed E-state index contributed by atoms with van der Waals surface area (Å²) in [6.45, 7) is 5.94. The van der Waals surface area contributed by atoms with Gasteiger partial charge in [0.25, 0.3) is 0 Å². The molecule has 0 amide bonds. The van der Waals surface area contributed by atoms with Crippen LogP contribution in [0.3, 0.4) is 0 Å². The molecule has 0 spiro atoms. The van der Waals surface area contributed by atoms with Crippen LogP contribution >= 0.6 is 0 Å². The first-order valence-electron chi connectivity index (χ1n) is 8.70. The molecule has 1 aliphatic heterocycles. The summed E-state index contributed by atoms with van der Waals surface area (Å²) in [7, 11) is 2.18. The van der Waals surface area contributed by atoms with E-state index in [9.17, 15) is 4.79 Å². The van der Waals surface area contributed by atoms with E-state index in [0.717, 1.165) is 31.7 Å². The summed E-state index contributed by atoms with van der Waals surface area (Å²) >= 11 is 0. The molecule has 0 unspecified atom stereocenters. The number of carbonyl (C=O) groups is 1. The van der Waals surface area contributed by atoms with Crippen molar-refractivity contribution in [2.24, 2.45) is 5.92 Å². The Morgan fingerprint density at radius 3 is 2.50 bits per heavy atom. The molecular formula is C21H26N2O. The maximum atomic E-state index is 11.3. The van der Waals surface area contributed by atoms with Gasteiger partial charge in [0.2, 0.25) is 0 Å². The van der Waals surface area contributed by atoms with Crippen molar-refractivity contribution in [1.82, 2.24) is 4.90 Å². The van der Waals surface area contributed by atoms with E-state index in [1.54, 1.807) is 6.92 Å². The summed E-state index contributed by atoms with van der Waals surface area (Å²) in [6.07, 6.45) is 1.25. The average Bonchev–Trinajstić information content (AvgIpc) is 3.04. The first-order valence-corrected chi connectivity index (χ1v) is 8.70. The van der Waals surface area contributed by atoms with E-state index in [-0.39, 0.29) is 5.78 Å². The predicted molar refractivity (Wildman–Crippen MR) is 99.5 cm³/mol. The van der Waals surface area contributed by atoms with E-state index in [0.29, 0.717) is 5.92 Å². The Labute approximate surface area is 144 Å². The fraction of sp³-hybridized carbons (Fsp3) is 0.381. The zero-order valence-corrected chi connectivity index (χ0v) is 14.6. The molecular weight excluding hydrogens is 296 g/mol. The summed E-state index contributed by atoms with van der Waals surface area (Å²) in [5.41, 5.74) is 3.39. The largest absolute Gasteiger partial charge is 0.371 e. The van der Waals surface area contributed by atoms with Crippen LogP contribution in [0.4, 0.5) is 5.69 Å². The smallest absolute Gasteiger partial charge is 0.159 e. The Balaban J connectivity index is 1.50. The molecule has 0 aliphatic carbocycles. The van der Waals surface area contributed by atoms with Crippen LogP contribution in [0.25, 0.3) is 0 Å². The van der Waals surface area contributed by atoms with E-state index in [2.05, 4.69) is 59.3 Å². The molecule has 2 aromatic rings. The molecule has 2 aromatic carbocycles. The number of hydrogen-bond acceptors (Lipinski definition) is 3. The molecule has 1 aliphatic rings. The second kappa shape index (κ2) is 7.63. The van der Waals surface area contributed by atoms with Gasteiger partial charge < -0.3 is 9.80 Å². The SMILES string of the molecule is CC(=O)c1ccc(CN(C)C[C@@H]2CCN(c3ccccc3)C2)cc1. The second-order valence-electron chi connectivity index (χ2n) is 6.89. The van der Waals surface area contributed by atoms with Crippen molar-refractivity contribution >= 4 is 11.5 Å². The first-order chi connectivity index (χ1) is 11.6. The van der Waals surface area contributed by atoms with Gasteiger partial charge in [-0.1, -0.05) is 42.5 Å². The Morgan fingerprint density at radius 2 is 1.83 bits per heavy atom. The average molecular weight is 322 g/mol. The number of carbonyl (C=O) groups excluding carboxylic acids is 1. The molecule has 1 atom stereocenters. The maximum Gasteiger partial charge on any atom is 0.159 e. The van der Waals surface area contributed by atoms with Gasteiger partial charge in [0.1, 0.15) is 0 Å². The van der Waals surface area contributed by atoms with Crippen LogP contribution in [0.1, 0.15) is 29.3 Å². The van der Waals surface area contributed by atoms with Crippen LogP contribution in [-0.4, -0.2) is 37.4 Å². The molecule has 3 rings (SSSR count). The summed E-state index contributed by atoms with van der Waals surface area (Å²) in [5.74, 6) is 0.841. The highest BCUT2D eigenvalue weighted by Crippen LogP contribution is 2.24. The van der Waals surface area contributed by atoms with Crippen LogP contribution in [0.15, 0.2) is 54.6 Å². The maximum absolute atomic E-state index is 11.3. The summed E-state index contributed by atoms with van der Waals surface area (Å²) < 4.78 is 0. The van der Waals surface area contributed by atoms with Crippen LogP contribution in [0.2, 0.25) is 0 Å². The minimum atomic E-state index is 0.127. The highest BCUT2D eigenvalue weighted by atomic mass is 16.1. The minimum absolute atomic E-state index is 0.127. The molecule has 0 aromatic heterocycles. The van der Waals surface area contributed by atoms with E-state index >= 15 is 0 Å². The molecule has 3 heteroatoms. The standard InChI is InChI=1S/C21H26N2O/c1-17(24)20-10-8-18(9-11-20)14-22(2)15-19-12-13-23(16-19)21-6-4-3-5-7-21/h3-11,19H,12-16H2,1-2H3/t19-/m0/s1. The van der Waals surface area contributed by atoms with Crippen molar-refractivity contribution in [3.8, 4) is 0 Å². The molecule has 1 fully saturated rings. The van der Waals surface area contributed by atoms with Gasteiger partial charge in [0, 0.05) is 37.4 Å². The van der Waals surface area contributed by atoms with Gasteiger partial charge in [-0.25, -0.2) is 0 Å². The number of ketones is 1. The van der Waals surface area contributed by atoms with Crippen molar-refractivity contribution in [3.63, 3.8) is 0 Å². The van der Waals surface area contributed by atoms with Gasteiger partial charge in [0.05, 0.1) is 0 Å². The molecule has 1 saturated heterocycles. The first kappa shape index (κ1) is 16.7. The molecule has 0 bridgehead atoms. The summed E-state index contributed by atoms with van der Waals surface area (Å²) in [6, 6.07) is 18.7. The third kappa shape index (κ3) is 4.24. The lowest BCUT2D eigenvalue weighted by Gasteiger charge is -2.22. The molecule has 0 radical (unpaired) electrons. The van der Waals surface area contributed by atoms with Gasteiger partial charge in [-0.05, 0) is 44.0 Å². The number of anilines is 1. The second-order valence-corrected chi connectivity index (χ2v) is 6.89. The van der Waals surface area contributed by atoms with E-state index < -0.39 is 0 Å². The number of benzene rings is 2. The summed E-state index contributed by atoms with van der Waals surface area (Å²) in [4.78, 5) is 16.2. The number of rotatable bonds is 6. The lowest BCUT2D eigenvalue weighted by Crippen LogP contribution is -2.28. The van der Waals surface area contributed by atoms with Gasteiger partial charge in [-0.15, -0.1) is 0 Å². The monoisotopic (exact) mass is 322 g/mol. The zero-order valence-electron chi connectivity index (χ0n) is 14.6. The van der Waals surface area contributed by atoms with Crippen molar-refractivity contribution in [3.05, 3.63) is 65.7 Å². The van der Waals surface area contributed by atoms with E-state index in [4.69, 9.17) is 0 Å². The van der Waals surface area contributed by atoms with Gasteiger partial charge in [-0.3, -0.25) is 4.79 Å². The van der Waals surface area contributed by atoms with Crippen LogP contribution in [0.5, 0.6) is 0 Å². The quantitative estimate of drug-likeness (QED) is 0.755. The summed E-state index contributed by atoms with van der Waals surface area (Å²) in [5, 5.41) is 0. The van der Waals surface area contributed by atoms with Crippen molar-refractivity contribution in [2.45, 2.75) is 19.9 Å². The number of hydrogen-bond donors (Lipinski definition) is 0. The predicted octanol–water partition coefficient (Wildman–Crippen LogP) is 3.85. The molecule has 3 nitrogen and oxygen atoms in total. The van der Waals surface area contributed by atoms with Gasteiger partial charge >= 0.3 is 0 Å². The van der Waals surface area contributed by atoms with E-state index in [1.807, 2.05) is 12.1 Å². The Morgan fingerprint density at radius 1 is 1.12 bits per heavy atom. The Kier molecular flexibility index (Phi) is 5.31. The highest BCUT2D eigenvalue weighted by Gasteiger charge is 2.23. The van der Waals surface area contributed by atoms with Gasteiger partial charge in [0.15, 0.2) is 5.78 Å². The van der Waals surface area contributed by atoms with Crippen molar-refractivity contribution in [1.29, 1.82) is 0 Å². The number of para-hydroxylation sites is 1. The molecule has 0 saturated carbocycles. The van der Waals surface area contributed by atoms with Crippen LogP contribution in [-0.2, 0) is 6.54 Å². The number of Topliss-reactive ketones (excluding diaryl/α,β-unsaturated/α-hetero) is 1. The Hall–Kier alpha value is -2.13. The van der Waals surface area contributed by atoms with Crippen LogP contribution < -0.4 is 4.90 Å². The third-order valence-corrected chi connectivity index (χ3v) is 4.79. The lowest BCUT2D eigenvalue weighted by atomic mass is 10.1. The minimum Gasteiger partial charge on any atom is -0.371 e. The normalized spacial score (nSPS) is 17.5. The van der Waals surface area contributed by atoms with Crippen LogP contribution in [0, 0.1) is 5.92 Å². The van der Waals surface area contributed by atoms with E-state index in [1.165, 1.54) is 17.7 Å².